The molecule has 23 heavy (non-hydrogen) atoms. The molecule has 122 valence electrons. The molecule has 8 heteroatoms. The van der Waals surface area contributed by atoms with Crippen LogP contribution in [0, 0.1) is 0 Å². The summed E-state index contributed by atoms with van der Waals surface area (Å²) >= 11 is 0. The van der Waals surface area contributed by atoms with Gasteiger partial charge in [-0.3, -0.25) is 18.5 Å². The zero-order chi connectivity index (χ0) is 16.9. The normalized spacial score (nSPS) is 17.3. The zero-order valence-corrected chi connectivity index (χ0v) is 13.8. The second-order valence-corrected chi connectivity index (χ2v) is 5.63. The fraction of sp³-hybridized carbons (Fsp3) is 0.467. The van der Waals surface area contributed by atoms with E-state index in [0.29, 0.717) is 23.7 Å². The van der Waals surface area contributed by atoms with E-state index in [9.17, 15) is 9.59 Å². The Bertz CT molecular complexity index is 945. The molecule has 3 heterocycles. The molecule has 0 saturated heterocycles. The highest BCUT2D eigenvalue weighted by Gasteiger charge is 2.29. The van der Waals surface area contributed by atoms with Gasteiger partial charge in [-0.15, -0.1) is 6.58 Å². The molecule has 8 nitrogen and oxygen atoms in total. The van der Waals surface area contributed by atoms with E-state index in [1.165, 1.54) is 15.2 Å². The van der Waals surface area contributed by atoms with Gasteiger partial charge >= 0.3 is 5.69 Å². The number of anilines is 1. The number of fused-ring (bicyclic) bond motifs is 3. The summed E-state index contributed by atoms with van der Waals surface area (Å²) < 4.78 is 4.44. The molecule has 0 radical (unpaired) electrons. The minimum Gasteiger partial charge on any atom is -0.294 e. The van der Waals surface area contributed by atoms with Gasteiger partial charge in [0.05, 0.1) is 11.8 Å². The van der Waals surface area contributed by atoms with E-state index in [2.05, 4.69) is 16.7 Å². The first-order valence-electron chi connectivity index (χ1n) is 7.57. The summed E-state index contributed by atoms with van der Waals surface area (Å²) in [6, 6.07) is -0.0971. The first-order chi connectivity index (χ1) is 10.9. The van der Waals surface area contributed by atoms with Crippen molar-refractivity contribution < 1.29 is 0 Å². The van der Waals surface area contributed by atoms with E-state index in [4.69, 9.17) is 0 Å². The number of aryl methyl sites for hydroxylation is 1. The molecule has 0 aromatic carbocycles. The molecule has 3 rings (SSSR count). The van der Waals surface area contributed by atoms with Crippen LogP contribution in [-0.4, -0.2) is 30.9 Å². The highest BCUT2D eigenvalue weighted by molar-refractivity contribution is 5.90. The van der Waals surface area contributed by atoms with Gasteiger partial charge in [0.2, 0.25) is 5.95 Å². The number of aromatic nitrogens is 4. The monoisotopic (exact) mass is 316 g/mol. The summed E-state index contributed by atoms with van der Waals surface area (Å²) in [4.78, 5) is 29.8. The van der Waals surface area contributed by atoms with Gasteiger partial charge in [-0.05, 0) is 20.8 Å². The molecule has 0 aliphatic carbocycles. The third kappa shape index (κ3) is 1.97. The van der Waals surface area contributed by atoms with Crippen LogP contribution in [0.25, 0.3) is 11.2 Å². The van der Waals surface area contributed by atoms with Crippen LogP contribution in [0.1, 0.15) is 26.8 Å². The summed E-state index contributed by atoms with van der Waals surface area (Å²) in [6.45, 7) is 10.3. The van der Waals surface area contributed by atoms with E-state index in [-0.39, 0.29) is 18.1 Å². The van der Waals surface area contributed by atoms with Crippen molar-refractivity contribution in [1.82, 2.24) is 18.7 Å². The molecule has 1 aliphatic heterocycles. The van der Waals surface area contributed by atoms with Gasteiger partial charge < -0.3 is 0 Å². The molecule has 0 N–H and O–H groups in total. The van der Waals surface area contributed by atoms with E-state index in [1.54, 1.807) is 12.1 Å². The summed E-state index contributed by atoms with van der Waals surface area (Å²) in [5, 5.41) is 6.26. The Kier molecular flexibility index (Phi) is 3.46. The van der Waals surface area contributed by atoms with Crippen LogP contribution < -0.4 is 16.3 Å². The molecule has 0 saturated carbocycles. The maximum absolute atomic E-state index is 12.9. The molecular formula is C15H20N6O2. The minimum absolute atomic E-state index is 0.0971. The smallest absolute Gasteiger partial charge is 0.294 e. The maximum atomic E-state index is 12.9. The van der Waals surface area contributed by atoms with Gasteiger partial charge in [-0.2, -0.15) is 10.1 Å². The molecule has 0 spiro atoms. The van der Waals surface area contributed by atoms with Gasteiger partial charge in [0.15, 0.2) is 11.2 Å². The first-order valence-corrected chi connectivity index (χ1v) is 7.57. The lowest BCUT2D eigenvalue weighted by Crippen LogP contribution is -2.40. The van der Waals surface area contributed by atoms with E-state index in [0.717, 1.165) is 5.71 Å². The summed E-state index contributed by atoms with van der Waals surface area (Å²) in [7, 11) is 1.62. The Morgan fingerprint density at radius 3 is 2.65 bits per heavy atom. The Morgan fingerprint density at radius 2 is 2.04 bits per heavy atom. The fourth-order valence-electron chi connectivity index (χ4n) is 2.88. The van der Waals surface area contributed by atoms with Crippen LogP contribution in [0.5, 0.6) is 0 Å². The summed E-state index contributed by atoms with van der Waals surface area (Å²) in [5.41, 5.74) is 0.947. The number of hydrogen-bond acceptors (Lipinski definition) is 5. The summed E-state index contributed by atoms with van der Waals surface area (Å²) in [5.74, 6) is 0.587. The third-order valence-corrected chi connectivity index (χ3v) is 4.27. The third-order valence-electron chi connectivity index (χ3n) is 4.27. The number of rotatable bonds is 3. The second kappa shape index (κ2) is 5.22. The second-order valence-electron chi connectivity index (χ2n) is 5.63. The average Bonchev–Trinajstić information content (AvgIpc) is 2.94. The van der Waals surface area contributed by atoms with Crippen LogP contribution in [0.4, 0.5) is 5.95 Å². The standard InChI is InChI=1S/C15H20N6O2/c1-6-8-19-13(22)11-12(18(5)15(19)23)16-14-20(7-2)17-9(3)10(4)21(11)14/h6,10H,1,7-8H2,2-5H3/t10-/m1/s1. The van der Waals surface area contributed by atoms with Crippen molar-refractivity contribution in [2.24, 2.45) is 12.1 Å². The van der Waals surface area contributed by atoms with Crippen LogP contribution >= 0.6 is 0 Å². The molecule has 0 fully saturated rings. The minimum atomic E-state index is -0.397. The van der Waals surface area contributed by atoms with Crippen molar-refractivity contribution >= 4 is 22.8 Å². The predicted octanol–water partition coefficient (Wildman–Crippen LogP) is 0.859. The van der Waals surface area contributed by atoms with Gasteiger partial charge in [-0.25, -0.2) is 9.80 Å². The van der Waals surface area contributed by atoms with E-state index in [1.807, 2.05) is 25.3 Å². The molecule has 0 amide bonds. The Hall–Kier alpha value is -2.64. The largest absolute Gasteiger partial charge is 0.332 e. The first kappa shape index (κ1) is 15.3. The van der Waals surface area contributed by atoms with Crippen LogP contribution in [0.2, 0.25) is 0 Å². The Balaban J connectivity index is 2.48. The zero-order valence-electron chi connectivity index (χ0n) is 13.8. The van der Waals surface area contributed by atoms with E-state index >= 15 is 0 Å². The number of nitrogens with zero attached hydrogens (tertiary/aromatic N) is 6. The molecule has 0 bridgehead atoms. The van der Waals surface area contributed by atoms with Gasteiger partial charge in [0, 0.05) is 20.1 Å². The number of hydrazone groups is 1. The van der Waals surface area contributed by atoms with Crippen molar-refractivity contribution in [3.63, 3.8) is 0 Å². The molecule has 0 unspecified atom stereocenters. The lowest BCUT2D eigenvalue weighted by molar-refractivity contribution is 0.634. The van der Waals surface area contributed by atoms with Crippen molar-refractivity contribution in [2.45, 2.75) is 33.4 Å². The van der Waals surface area contributed by atoms with Crippen LogP contribution in [0.15, 0.2) is 27.3 Å². The summed E-state index contributed by atoms with van der Waals surface area (Å²) in [6.07, 6.45) is 1.54. The lowest BCUT2D eigenvalue weighted by atomic mass is 10.2. The van der Waals surface area contributed by atoms with Crippen molar-refractivity contribution in [1.29, 1.82) is 0 Å². The van der Waals surface area contributed by atoms with Gasteiger partial charge in [0.1, 0.15) is 0 Å². The van der Waals surface area contributed by atoms with Gasteiger partial charge in [-0.1, -0.05) is 6.08 Å². The van der Waals surface area contributed by atoms with E-state index < -0.39 is 5.69 Å². The van der Waals surface area contributed by atoms with Gasteiger partial charge in [0.25, 0.3) is 5.56 Å². The molecule has 2 aromatic rings. The Morgan fingerprint density at radius 1 is 1.35 bits per heavy atom. The Labute approximate surface area is 133 Å². The van der Waals surface area contributed by atoms with Crippen molar-refractivity contribution in [2.75, 3.05) is 11.6 Å². The lowest BCUT2D eigenvalue weighted by Gasteiger charge is -2.28. The predicted molar refractivity (Wildman–Crippen MR) is 90.3 cm³/mol. The van der Waals surface area contributed by atoms with Crippen molar-refractivity contribution in [3.8, 4) is 0 Å². The average molecular weight is 316 g/mol. The SMILES string of the molecule is C=CCn1c(=O)c2c(nc3n2[C@H](C)C(C)=NN3CC)n(C)c1=O. The van der Waals surface area contributed by atoms with Crippen molar-refractivity contribution in [3.05, 3.63) is 33.5 Å². The molecular weight excluding hydrogens is 296 g/mol. The topological polar surface area (TPSA) is 77.4 Å². The highest BCUT2D eigenvalue weighted by atomic mass is 16.2. The van der Waals surface area contributed by atoms with Crippen LogP contribution in [0.3, 0.4) is 0 Å². The quantitative estimate of drug-likeness (QED) is 0.787. The van der Waals surface area contributed by atoms with Crippen LogP contribution in [-0.2, 0) is 13.6 Å². The molecule has 1 aliphatic rings. The number of hydrogen-bond donors (Lipinski definition) is 0. The molecule has 1 atom stereocenters. The maximum Gasteiger partial charge on any atom is 0.332 e. The number of imidazole rings is 1. The molecule has 2 aromatic heterocycles. The highest BCUT2D eigenvalue weighted by Crippen LogP contribution is 2.29. The fourth-order valence-corrected chi connectivity index (χ4v) is 2.88. The number of allylic oxidation sites excluding steroid dienone is 1.